The molecule has 0 aromatic rings. The summed E-state index contributed by atoms with van der Waals surface area (Å²) in [5, 5.41) is 0. The Morgan fingerprint density at radius 1 is 1.00 bits per heavy atom. The van der Waals surface area contributed by atoms with E-state index in [1.54, 1.807) is 0 Å². The fourth-order valence-electron chi connectivity index (χ4n) is 0. The SMILES string of the molecule is FC(F)(F)F.O=S(=O)(O)O. The lowest BCUT2D eigenvalue weighted by Crippen LogP contribution is -1.92. The molecule has 0 amide bonds. The third-order valence-electron chi connectivity index (χ3n) is 0. The zero-order chi connectivity index (χ0) is 9.00. The van der Waals surface area contributed by atoms with Crippen molar-refractivity contribution >= 4 is 10.4 Å². The third kappa shape index (κ3) is 1960. The molecule has 0 bridgehead atoms. The second-order valence-corrected chi connectivity index (χ2v) is 1.77. The molecule has 0 aliphatic heterocycles. The summed E-state index contributed by atoms with van der Waals surface area (Å²) in [6.07, 6.45) is -5.50. The molecule has 9 heteroatoms. The van der Waals surface area contributed by atoms with Gasteiger partial charge < -0.3 is 0 Å². The fraction of sp³-hybridized carbons (Fsp3) is 1.00. The van der Waals surface area contributed by atoms with E-state index < -0.39 is 16.8 Å². The van der Waals surface area contributed by atoms with Crippen molar-refractivity contribution in [1.82, 2.24) is 0 Å². The van der Waals surface area contributed by atoms with Crippen molar-refractivity contribution in [2.75, 3.05) is 0 Å². The summed E-state index contributed by atoms with van der Waals surface area (Å²) in [5.74, 6) is 0. The van der Waals surface area contributed by atoms with Crippen molar-refractivity contribution in [3.05, 3.63) is 0 Å². The monoisotopic (exact) mass is 186 g/mol. The lowest BCUT2D eigenvalue weighted by molar-refractivity contribution is -0.237. The number of rotatable bonds is 0. The maximum atomic E-state index is 9.69. The summed E-state index contributed by atoms with van der Waals surface area (Å²) >= 11 is 0. The van der Waals surface area contributed by atoms with Crippen LogP contribution in [0.1, 0.15) is 0 Å². The van der Waals surface area contributed by atoms with Crippen LogP contribution >= 0.6 is 0 Å². The average Bonchev–Trinajstić information content (AvgIpc) is 1.12. The van der Waals surface area contributed by atoms with E-state index in [1.807, 2.05) is 0 Å². The Morgan fingerprint density at radius 2 is 1.00 bits per heavy atom. The highest BCUT2D eigenvalue weighted by Crippen LogP contribution is 2.13. The number of alkyl halides is 4. The normalized spacial score (nSPS) is 11.8. The van der Waals surface area contributed by atoms with Crippen molar-refractivity contribution < 1.29 is 35.1 Å². The van der Waals surface area contributed by atoms with Crippen molar-refractivity contribution in [1.29, 1.82) is 0 Å². The van der Waals surface area contributed by atoms with Gasteiger partial charge in [-0.15, -0.1) is 17.6 Å². The quantitative estimate of drug-likeness (QED) is 0.433. The van der Waals surface area contributed by atoms with E-state index in [9.17, 15) is 17.6 Å². The van der Waals surface area contributed by atoms with Gasteiger partial charge in [0, 0.05) is 0 Å². The minimum atomic E-state index is -5.50. The molecule has 0 saturated heterocycles. The molecule has 0 radical (unpaired) electrons. The predicted molar refractivity (Wildman–Crippen MR) is 21.3 cm³/mol. The highest BCUT2D eigenvalue weighted by molar-refractivity contribution is 7.79. The standard InChI is InChI=1S/CF4.H2O4S/c2-1(3,4)5;1-5(2,3)4/h;(H2,1,2,3,4). The van der Waals surface area contributed by atoms with Crippen molar-refractivity contribution in [3.8, 4) is 0 Å². The highest BCUT2D eigenvalue weighted by Gasteiger charge is 2.24. The summed E-state index contributed by atoms with van der Waals surface area (Å²) in [6, 6.07) is 0. The largest absolute Gasteiger partial charge is 0.559 e. The third-order valence-corrected chi connectivity index (χ3v) is 0. The Hall–Kier alpha value is -0.410. The molecule has 2 N–H and O–H groups in total. The van der Waals surface area contributed by atoms with Crippen LogP contribution in [0.15, 0.2) is 0 Å². The number of halogens is 4. The number of hydrogen-bond acceptors (Lipinski definition) is 2. The molecule has 4 nitrogen and oxygen atoms in total. The van der Waals surface area contributed by atoms with Gasteiger partial charge in [0.05, 0.1) is 0 Å². The molecule has 0 rings (SSSR count). The Labute approximate surface area is 53.0 Å². The van der Waals surface area contributed by atoms with E-state index in [0.29, 0.717) is 0 Å². The molecule has 0 heterocycles. The molecule has 0 spiro atoms. The van der Waals surface area contributed by atoms with Gasteiger partial charge >= 0.3 is 16.8 Å². The average molecular weight is 186 g/mol. The van der Waals surface area contributed by atoms with E-state index in [0.717, 1.165) is 0 Å². The first-order valence-corrected chi connectivity index (χ1v) is 2.85. The van der Waals surface area contributed by atoms with Crippen LogP contribution in [0.4, 0.5) is 17.6 Å². The molecule has 0 aliphatic rings. The molecule has 0 aliphatic carbocycles. The first-order chi connectivity index (χ1) is 4.00. The van der Waals surface area contributed by atoms with Crippen LogP contribution in [-0.2, 0) is 10.4 Å². The summed E-state index contributed by atoms with van der Waals surface area (Å²) < 4.78 is 70.3. The van der Waals surface area contributed by atoms with Gasteiger partial charge in [-0.25, -0.2) is 0 Å². The Bertz CT molecular complexity index is 152. The molecule has 0 saturated carbocycles. The minimum absolute atomic E-state index is 4.67. The van der Waals surface area contributed by atoms with Gasteiger partial charge in [-0.1, -0.05) is 0 Å². The molecular weight excluding hydrogens is 184 g/mol. The second-order valence-electron chi connectivity index (χ2n) is 0.876. The van der Waals surface area contributed by atoms with E-state index in [4.69, 9.17) is 17.5 Å². The lowest BCUT2D eigenvalue weighted by Gasteiger charge is -1.82. The van der Waals surface area contributed by atoms with Crippen LogP contribution in [0.2, 0.25) is 0 Å². The van der Waals surface area contributed by atoms with Crippen molar-refractivity contribution in [2.24, 2.45) is 0 Å². The van der Waals surface area contributed by atoms with Crippen molar-refractivity contribution in [3.63, 3.8) is 0 Å². The maximum absolute atomic E-state index is 9.69. The van der Waals surface area contributed by atoms with E-state index in [2.05, 4.69) is 0 Å². The van der Waals surface area contributed by atoms with Crippen LogP contribution in [0, 0.1) is 0 Å². The molecule has 0 aromatic carbocycles. The number of hydrogen-bond donors (Lipinski definition) is 2. The van der Waals surface area contributed by atoms with Gasteiger partial charge in [0.2, 0.25) is 0 Å². The Kier molecular flexibility index (Phi) is 4.53. The van der Waals surface area contributed by atoms with Gasteiger partial charge in [-0.05, 0) is 0 Å². The van der Waals surface area contributed by atoms with E-state index >= 15 is 0 Å². The first kappa shape index (κ1) is 12.3. The fourth-order valence-corrected chi connectivity index (χ4v) is 0. The molecule has 0 unspecified atom stereocenters. The molecule has 64 valence electrons. The molecule has 0 aromatic heterocycles. The van der Waals surface area contributed by atoms with Crippen LogP contribution in [0.5, 0.6) is 0 Å². The summed E-state index contributed by atoms with van der Waals surface area (Å²) in [6.45, 7) is 0. The van der Waals surface area contributed by atoms with E-state index in [1.165, 1.54) is 0 Å². The summed E-state index contributed by atoms with van der Waals surface area (Å²) in [5.41, 5.74) is 0. The highest BCUT2D eigenvalue weighted by atomic mass is 32.3. The molecule has 0 atom stereocenters. The van der Waals surface area contributed by atoms with Crippen molar-refractivity contribution in [2.45, 2.75) is 6.43 Å². The second kappa shape index (κ2) is 3.68. The Morgan fingerprint density at radius 3 is 1.00 bits per heavy atom. The molecule has 0 fully saturated rings. The van der Waals surface area contributed by atoms with Crippen LogP contribution in [-0.4, -0.2) is 24.0 Å². The summed E-state index contributed by atoms with van der Waals surface area (Å²) in [7, 11) is -4.67. The zero-order valence-corrected chi connectivity index (χ0v) is 4.95. The maximum Gasteiger partial charge on any atom is 0.559 e. The topological polar surface area (TPSA) is 74.6 Å². The zero-order valence-electron chi connectivity index (χ0n) is 4.13. The smallest absolute Gasteiger partial charge is 0.264 e. The van der Waals surface area contributed by atoms with Crippen LogP contribution in [0.25, 0.3) is 0 Å². The first-order valence-electron chi connectivity index (χ1n) is 1.45. The van der Waals surface area contributed by atoms with Gasteiger partial charge in [0.1, 0.15) is 0 Å². The predicted octanol–water partition coefficient (Wildman–Crippen LogP) is 0.823. The Balaban J connectivity index is 0. The van der Waals surface area contributed by atoms with Gasteiger partial charge in [-0.3, -0.25) is 9.11 Å². The van der Waals surface area contributed by atoms with Crippen LogP contribution in [0.3, 0.4) is 0 Å². The molecular formula is CH2F4O4S. The van der Waals surface area contributed by atoms with Gasteiger partial charge in [0.25, 0.3) is 0 Å². The minimum Gasteiger partial charge on any atom is -0.264 e. The summed E-state index contributed by atoms with van der Waals surface area (Å²) in [4.78, 5) is 0. The van der Waals surface area contributed by atoms with E-state index in [-0.39, 0.29) is 0 Å². The molecule has 10 heavy (non-hydrogen) atoms. The van der Waals surface area contributed by atoms with Crippen LogP contribution < -0.4 is 0 Å². The lowest BCUT2D eigenvalue weighted by atomic mass is 11.5. The van der Waals surface area contributed by atoms with Gasteiger partial charge in [-0.2, -0.15) is 8.42 Å². The van der Waals surface area contributed by atoms with Gasteiger partial charge in [0.15, 0.2) is 0 Å².